The molecule has 0 saturated heterocycles. The number of anilines is 1. The van der Waals surface area contributed by atoms with E-state index in [-0.39, 0.29) is 5.92 Å². The molecule has 1 unspecified atom stereocenters. The number of hydrogen-bond acceptors (Lipinski definition) is 2. The molecule has 3 heteroatoms. The molecular weight excluding hydrogens is 251 g/mol. The fraction of sp³-hybridized carbons (Fsp3) is 0.706. The van der Waals surface area contributed by atoms with Gasteiger partial charge in [0.05, 0.1) is 0 Å². The van der Waals surface area contributed by atoms with Crippen LogP contribution < -0.4 is 5.73 Å². The van der Waals surface area contributed by atoms with Crippen LogP contribution in [-0.2, 0) is 12.8 Å². The minimum atomic E-state index is -0.662. The zero-order valence-corrected chi connectivity index (χ0v) is 13.2. The molecule has 0 aliphatic carbocycles. The highest BCUT2D eigenvalue weighted by molar-refractivity contribution is 5.40. The Morgan fingerprint density at radius 3 is 2.55 bits per heavy atom. The molecule has 2 N–H and O–H groups in total. The molecule has 2 atom stereocenters. The number of nitrogens with two attached hydrogens (primary N) is 1. The molecule has 0 bridgehead atoms. The Balaban J connectivity index is 2.34. The summed E-state index contributed by atoms with van der Waals surface area (Å²) in [7, 11) is 0. The summed E-state index contributed by atoms with van der Waals surface area (Å²) in [6.07, 6.45) is 5.78. The van der Waals surface area contributed by atoms with E-state index in [0.29, 0.717) is 12.2 Å². The number of aromatic nitrogens is 1. The SMILES string of the molecule is CCCc1ccc(CCCCC(F)[C@@H](C)CC)nc1N. The topological polar surface area (TPSA) is 38.9 Å². The number of pyridine rings is 1. The third-order valence-electron chi connectivity index (χ3n) is 4.01. The van der Waals surface area contributed by atoms with Crippen molar-refractivity contribution in [2.75, 3.05) is 5.73 Å². The van der Waals surface area contributed by atoms with Crippen molar-refractivity contribution < 1.29 is 4.39 Å². The number of nitrogen functional groups attached to an aromatic ring is 1. The maximum Gasteiger partial charge on any atom is 0.126 e. The summed E-state index contributed by atoms with van der Waals surface area (Å²) in [5, 5.41) is 0. The van der Waals surface area contributed by atoms with Gasteiger partial charge in [0, 0.05) is 5.69 Å². The highest BCUT2D eigenvalue weighted by atomic mass is 19.1. The average Bonchev–Trinajstić information content (AvgIpc) is 2.45. The third-order valence-corrected chi connectivity index (χ3v) is 4.01. The molecule has 1 aromatic heterocycles. The molecule has 1 rings (SSSR count). The fourth-order valence-corrected chi connectivity index (χ4v) is 2.35. The summed E-state index contributed by atoms with van der Waals surface area (Å²) < 4.78 is 13.7. The van der Waals surface area contributed by atoms with Gasteiger partial charge in [-0.05, 0) is 43.2 Å². The van der Waals surface area contributed by atoms with Crippen molar-refractivity contribution >= 4 is 5.82 Å². The van der Waals surface area contributed by atoms with E-state index < -0.39 is 6.17 Å². The van der Waals surface area contributed by atoms with Gasteiger partial charge in [0.1, 0.15) is 12.0 Å². The molecule has 0 spiro atoms. The summed E-state index contributed by atoms with van der Waals surface area (Å²) in [6, 6.07) is 4.14. The lowest BCUT2D eigenvalue weighted by Gasteiger charge is -2.14. The van der Waals surface area contributed by atoms with Crippen molar-refractivity contribution in [3.05, 3.63) is 23.4 Å². The van der Waals surface area contributed by atoms with Crippen molar-refractivity contribution in [2.24, 2.45) is 5.92 Å². The Morgan fingerprint density at radius 2 is 1.95 bits per heavy atom. The summed E-state index contributed by atoms with van der Waals surface area (Å²) in [5.41, 5.74) is 8.11. The number of unbranched alkanes of at least 4 members (excludes halogenated alkanes) is 1. The summed E-state index contributed by atoms with van der Waals surface area (Å²) in [4.78, 5) is 4.44. The van der Waals surface area contributed by atoms with Gasteiger partial charge >= 0.3 is 0 Å². The lowest BCUT2D eigenvalue weighted by molar-refractivity contribution is 0.217. The molecule has 0 saturated carbocycles. The van der Waals surface area contributed by atoms with Crippen molar-refractivity contribution in [1.82, 2.24) is 4.98 Å². The van der Waals surface area contributed by atoms with Crippen LogP contribution in [0.15, 0.2) is 12.1 Å². The molecule has 0 aliphatic heterocycles. The van der Waals surface area contributed by atoms with Crippen molar-refractivity contribution in [3.63, 3.8) is 0 Å². The van der Waals surface area contributed by atoms with Crippen LogP contribution >= 0.6 is 0 Å². The highest BCUT2D eigenvalue weighted by Crippen LogP contribution is 2.18. The van der Waals surface area contributed by atoms with Crippen LogP contribution in [-0.4, -0.2) is 11.2 Å². The van der Waals surface area contributed by atoms with Gasteiger partial charge in [0.2, 0.25) is 0 Å². The zero-order valence-electron chi connectivity index (χ0n) is 13.2. The molecule has 114 valence electrons. The summed E-state index contributed by atoms with van der Waals surface area (Å²) >= 11 is 0. The maximum atomic E-state index is 13.7. The van der Waals surface area contributed by atoms with Crippen LogP contribution in [0.4, 0.5) is 10.2 Å². The normalized spacial score (nSPS) is 14.2. The first kappa shape index (κ1) is 16.9. The monoisotopic (exact) mass is 280 g/mol. The van der Waals surface area contributed by atoms with Gasteiger partial charge in [-0.2, -0.15) is 0 Å². The summed E-state index contributed by atoms with van der Waals surface area (Å²) in [5.74, 6) is 0.837. The van der Waals surface area contributed by atoms with E-state index in [0.717, 1.165) is 49.8 Å². The summed E-state index contributed by atoms with van der Waals surface area (Å²) in [6.45, 7) is 6.17. The van der Waals surface area contributed by atoms with E-state index in [2.05, 4.69) is 24.0 Å². The van der Waals surface area contributed by atoms with Crippen molar-refractivity contribution in [1.29, 1.82) is 0 Å². The second kappa shape index (κ2) is 8.93. The second-order valence-corrected chi connectivity index (χ2v) is 5.74. The number of alkyl halides is 1. The fourth-order valence-electron chi connectivity index (χ4n) is 2.35. The predicted octanol–water partition coefficient (Wildman–Crippen LogP) is 4.71. The van der Waals surface area contributed by atoms with E-state index in [1.54, 1.807) is 0 Å². The van der Waals surface area contributed by atoms with E-state index in [4.69, 9.17) is 5.73 Å². The lowest BCUT2D eigenvalue weighted by atomic mass is 9.98. The van der Waals surface area contributed by atoms with Crippen LogP contribution in [0.3, 0.4) is 0 Å². The molecular formula is C17H29FN2. The number of aryl methyl sites for hydroxylation is 2. The van der Waals surface area contributed by atoms with Crippen LogP contribution in [0.25, 0.3) is 0 Å². The Hall–Kier alpha value is -1.12. The molecule has 0 radical (unpaired) electrons. The van der Waals surface area contributed by atoms with Gasteiger partial charge in [0.25, 0.3) is 0 Å². The van der Waals surface area contributed by atoms with Gasteiger partial charge in [-0.1, -0.05) is 46.1 Å². The smallest absolute Gasteiger partial charge is 0.126 e. The molecule has 20 heavy (non-hydrogen) atoms. The minimum absolute atomic E-state index is 0.178. The Kier molecular flexibility index (Phi) is 7.56. The molecule has 0 fully saturated rings. The van der Waals surface area contributed by atoms with Gasteiger partial charge in [0.15, 0.2) is 0 Å². The van der Waals surface area contributed by atoms with Crippen LogP contribution in [0, 0.1) is 5.92 Å². The third kappa shape index (κ3) is 5.48. The Morgan fingerprint density at radius 1 is 1.20 bits per heavy atom. The Bertz CT molecular complexity index is 393. The number of nitrogens with zero attached hydrogens (tertiary/aromatic N) is 1. The quantitative estimate of drug-likeness (QED) is 0.665. The molecule has 1 aromatic rings. The standard InChI is InChI=1S/C17H29FN2/c1-4-8-14-11-12-15(20-17(14)19)9-6-7-10-16(18)13(3)5-2/h11-13,16H,4-10H2,1-3H3,(H2,19,20)/t13-,16?/m0/s1. The predicted molar refractivity (Wildman–Crippen MR) is 84.6 cm³/mol. The van der Waals surface area contributed by atoms with Crippen molar-refractivity contribution in [2.45, 2.75) is 71.9 Å². The molecule has 0 aromatic carbocycles. The zero-order chi connectivity index (χ0) is 15.0. The number of hydrogen-bond donors (Lipinski definition) is 1. The largest absolute Gasteiger partial charge is 0.383 e. The molecule has 1 heterocycles. The molecule has 0 amide bonds. The minimum Gasteiger partial charge on any atom is -0.383 e. The number of halogens is 1. The van der Waals surface area contributed by atoms with Gasteiger partial charge in [-0.15, -0.1) is 0 Å². The van der Waals surface area contributed by atoms with E-state index >= 15 is 0 Å². The molecule has 0 aliphatic rings. The highest BCUT2D eigenvalue weighted by Gasteiger charge is 2.13. The van der Waals surface area contributed by atoms with Gasteiger partial charge in [-0.25, -0.2) is 9.37 Å². The lowest BCUT2D eigenvalue weighted by Crippen LogP contribution is -2.11. The first-order valence-electron chi connectivity index (χ1n) is 7.96. The first-order valence-corrected chi connectivity index (χ1v) is 7.96. The first-order chi connectivity index (χ1) is 9.58. The van der Waals surface area contributed by atoms with E-state index in [1.807, 2.05) is 13.8 Å². The van der Waals surface area contributed by atoms with Gasteiger partial charge < -0.3 is 5.73 Å². The van der Waals surface area contributed by atoms with Gasteiger partial charge in [-0.3, -0.25) is 0 Å². The van der Waals surface area contributed by atoms with Crippen molar-refractivity contribution in [3.8, 4) is 0 Å². The van der Waals surface area contributed by atoms with Crippen LogP contribution in [0.5, 0.6) is 0 Å². The molecule has 2 nitrogen and oxygen atoms in total. The second-order valence-electron chi connectivity index (χ2n) is 5.74. The van der Waals surface area contributed by atoms with Crippen LogP contribution in [0.2, 0.25) is 0 Å². The van der Waals surface area contributed by atoms with E-state index in [1.165, 1.54) is 0 Å². The Labute approximate surface area is 123 Å². The maximum absolute atomic E-state index is 13.7. The number of rotatable bonds is 9. The average molecular weight is 280 g/mol. The van der Waals surface area contributed by atoms with E-state index in [9.17, 15) is 4.39 Å². The van der Waals surface area contributed by atoms with Crippen LogP contribution in [0.1, 0.15) is 64.1 Å².